The van der Waals surface area contributed by atoms with E-state index in [4.69, 9.17) is 9.47 Å². The Labute approximate surface area is 168 Å². The van der Waals surface area contributed by atoms with E-state index in [0.717, 1.165) is 29.6 Å². The third kappa shape index (κ3) is 5.89. The fraction of sp³-hybridized carbons (Fsp3) is 0.409. The summed E-state index contributed by atoms with van der Waals surface area (Å²) in [4.78, 5) is 6.55. The molecule has 6 heteroatoms. The molecule has 0 heterocycles. The highest BCUT2D eigenvalue weighted by Gasteiger charge is 2.15. The van der Waals surface area contributed by atoms with Crippen LogP contribution in [0.5, 0.6) is 11.5 Å². The first-order valence-electron chi connectivity index (χ1n) is 9.37. The molecule has 0 aromatic heterocycles. The number of hydrogen-bond donors (Lipinski definition) is 2. The lowest BCUT2D eigenvalue weighted by Crippen LogP contribution is -2.41. The monoisotopic (exact) mass is 384 g/mol. The van der Waals surface area contributed by atoms with E-state index in [1.54, 1.807) is 21.3 Å². The van der Waals surface area contributed by atoms with Gasteiger partial charge >= 0.3 is 0 Å². The van der Waals surface area contributed by atoms with Gasteiger partial charge in [0.25, 0.3) is 0 Å². The molecule has 1 atom stereocenters. The molecule has 2 N–H and O–H groups in total. The number of nitrogens with zero attached hydrogens (tertiary/aromatic N) is 2. The Hall–Kier alpha value is -2.73. The predicted molar refractivity (Wildman–Crippen MR) is 115 cm³/mol. The number of likely N-dealkylation sites (N-methyl/N-ethyl adjacent to an activating group) is 1. The maximum atomic E-state index is 5.46. The number of guanidine groups is 1. The molecule has 2 aromatic rings. The molecule has 0 aliphatic heterocycles. The van der Waals surface area contributed by atoms with Crippen molar-refractivity contribution in [1.82, 2.24) is 15.5 Å². The lowest BCUT2D eigenvalue weighted by atomic mass is 10.0. The minimum Gasteiger partial charge on any atom is -0.497 e. The first kappa shape index (κ1) is 21.6. The summed E-state index contributed by atoms with van der Waals surface area (Å²) in [7, 11) is 9.26. The van der Waals surface area contributed by atoms with E-state index in [-0.39, 0.29) is 6.04 Å². The van der Waals surface area contributed by atoms with Gasteiger partial charge in [-0.1, -0.05) is 29.8 Å². The van der Waals surface area contributed by atoms with Crippen molar-refractivity contribution in [2.75, 3.05) is 41.9 Å². The van der Waals surface area contributed by atoms with Crippen LogP contribution in [-0.4, -0.2) is 52.8 Å². The number of ether oxygens (including phenoxy) is 2. The number of methoxy groups -OCH3 is 2. The molecule has 0 fully saturated rings. The van der Waals surface area contributed by atoms with Gasteiger partial charge in [-0.05, 0) is 38.7 Å². The lowest BCUT2D eigenvalue weighted by Gasteiger charge is -2.26. The fourth-order valence-corrected chi connectivity index (χ4v) is 2.98. The van der Waals surface area contributed by atoms with Crippen molar-refractivity contribution in [3.63, 3.8) is 0 Å². The minimum absolute atomic E-state index is 0.245. The summed E-state index contributed by atoms with van der Waals surface area (Å²) in [6.07, 6.45) is 0. The van der Waals surface area contributed by atoms with Gasteiger partial charge in [0.2, 0.25) is 0 Å². The van der Waals surface area contributed by atoms with Gasteiger partial charge in [-0.2, -0.15) is 0 Å². The average molecular weight is 385 g/mol. The standard InChI is InChI=1S/C22H32N4O2/c1-16-7-9-17(10-8-16)20(26(3)4)15-25-22(23-2)24-14-18-11-12-19(27-5)13-21(18)28-6/h7-13,20H,14-15H2,1-6H3,(H2,23,24,25). The largest absolute Gasteiger partial charge is 0.497 e. The molecule has 152 valence electrons. The van der Waals surface area contributed by atoms with Gasteiger partial charge in [0, 0.05) is 31.8 Å². The maximum Gasteiger partial charge on any atom is 0.191 e. The molecule has 0 bridgehead atoms. The molecule has 0 aliphatic rings. The zero-order chi connectivity index (χ0) is 20.5. The van der Waals surface area contributed by atoms with Crippen LogP contribution in [0.4, 0.5) is 0 Å². The van der Waals surface area contributed by atoms with Crippen LogP contribution in [0.2, 0.25) is 0 Å². The molecule has 2 rings (SSSR count). The quantitative estimate of drug-likeness (QED) is 0.541. The minimum atomic E-state index is 0.245. The third-order valence-corrected chi connectivity index (χ3v) is 4.71. The van der Waals surface area contributed by atoms with E-state index < -0.39 is 0 Å². The van der Waals surface area contributed by atoms with Crippen molar-refractivity contribution >= 4 is 5.96 Å². The van der Waals surface area contributed by atoms with E-state index in [1.165, 1.54) is 11.1 Å². The van der Waals surface area contributed by atoms with Crippen molar-refractivity contribution < 1.29 is 9.47 Å². The molecule has 0 amide bonds. The van der Waals surface area contributed by atoms with Crippen LogP contribution in [0.1, 0.15) is 22.7 Å². The van der Waals surface area contributed by atoms with Crippen molar-refractivity contribution in [3.8, 4) is 11.5 Å². The summed E-state index contributed by atoms with van der Waals surface area (Å²) >= 11 is 0. The van der Waals surface area contributed by atoms with Crippen LogP contribution in [-0.2, 0) is 6.54 Å². The Morgan fingerprint density at radius 3 is 2.32 bits per heavy atom. The van der Waals surface area contributed by atoms with E-state index >= 15 is 0 Å². The van der Waals surface area contributed by atoms with E-state index in [0.29, 0.717) is 6.54 Å². The molecular weight excluding hydrogens is 352 g/mol. The molecule has 6 nitrogen and oxygen atoms in total. The summed E-state index contributed by atoms with van der Waals surface area (Å²) in [5.41, 5.74) is 3.57. The second kappa shape index (κ2) is 10.6. The molecule has 1 unspecified atom stereocenters. The molecule has 28 heavy (non-hydrogen) atoms. The molecule has 0 saturated carbocycles. The SMILES string of the molecule is CN=C(NCc1ccc(OC)cc1OC)NCC(c1ccc(C)cc1)N(C)C. The van der Waals surface area contributed by atoms with E-state index in [2.05, 4.69) is 65.8 Å². The second-order valence-electron chi connectivity index (χ2n) is 6.87. The zero-order valence-electron chi connectivity index (χ0n) is 17.7. The number of benzene rings is 2. The summed E-state index contributed by atoms with van der Waals surface area (Å²) in [5.74, 6) is 2.31. The van der Waals surface area contributed by atoms with Gasteiger partial charge in [-0.25, -0.2) is 0 Å². The summed E-state index contributed by atoms with van der Waals surface area (Å²) in [6.45, 7) is 3.45. The molecule has 2 aromatic carbocycles. The van der Waals surface area contributed by atoms with Crippen molar-refractivity contribution in [3.05, 3.63) is 59.2 Å². The highest BCUT2D eigenvalue weighted by Crippen LogP contribution is 2.24. The average Bonchev–Trinajstić information content (AvgIpc) is 2.71. The number of aliphatic imine (C=N–C) groups is 1. The third-order valence-electron chi connectivity index (χ3n) is 4.71. The molecular formula is C22H32N4O2. The van der Waals surface area contributed by atoms with Crippen LogP contribution < -0.4 is 20.1 Å². The lowest BCUT2D eigenvalue weighted by molar-refractivity contribution is 0.298. The highest BCUT2D eigenvalue weighted by molar-refractivity contribution is 5.79. The Balaban J connectivity index is 1.99. The van der Waals surface area contributed by atoms with Gasteiger partial charge in [0.05, 0.1) is 20.3 Å². The first-order valence-corrected chi connectivity index (χ1v) is 9.37. The highest BCUT2D eigenvalue weighted by atomic mass is 16.5. The predicted octanol–water partition coefficient (Wildman–Crippen LogP) is 2.98. The zero-order valence-corrected chi connectivity index (χ0v) is 17.7. The molecule has 0 radical (unpaired) electrons. The normalized spacial score (nSPS) is 12.6. The van der Waals surface area contributed by atoms with E-state index in [9.17, 15) is 0 Å². The number of rotatable bonds is 8. The van der Waals surface area contributed by atoms with Crippen molar-refractivity contribution in [2.45, 2.75) is 19.5 Å². The van der Waals surface area contributed by atoms with Crippen LogP contribution in [0.3, 0.4) is 0 Å². The smallest absolute Gasteiger partial charge is 0.191 e. The number of aryl methyl sites for hydroxylation is 1. The van der Waals surface area contributed by atoms with Gasteiger partial charge < -0.3 is 25.0 Å². The Morgan fingerprint density at radius 2 is 1.75 bits per heavy atom. The summed E-state index contributed by atoms with van der Waals surface area (Å²) in [5, 5.41) is 6.78. The maximum absolute atomic E-state index is 5.46. The van der Waals surface area contributed by atoms with Crippen molar-refractivity contribution in [2.24, 2.45) is 4.99 Å². The summed E-state index contributed by atoms with van der Waals surface area (Å²) < 4.78 is 10.7. The van der Waals surface area contributed by atoms with Crippen LogP contribution >= 0.6 is 0 Å². The molecule has 0 saturated heterocycles. The van der Waals surface area contributed by atoms with Crippen molar-refractivity contribution in [1.29, 1.82) is 0 Å². The van der Waals surface area contributed by atoms with Gasteiger partial charge in [0.15, 0.2) is 5.96 Å². The Morgan fingerprint density at radius 1 is 1.04 bits per heavy atom. The fourth-order valence-electron chi connectivity index (χ4n) is 2.98. The van der Waals surface area contributed by atoms with Crippen LogP contribution in [0.15, 0.2) is 47.5 Å². The molecule has 0 aliphatic carbocycles. The molecule has 0 spiro atoms. The number of nitrogens with one attached hydrogen (secondary N) is 2. The Bertz CT molecular complexity index is 773. The Kier molecular flexibility index (Phi) is 8.14. The van der Waals surface area contributed by atoms with E-state index in [1.807, 2.05) is 18.2 Å². The van der Waals surface area contributed by atoms with Crippen LogP contribution in [0, 0.1) is 6.92 Å². The summed E-state index contributed by atoms with van der Waals surface area (Å²) in [6, 6.07) is 14.7. The van der Waals surface area contributed by atoms with Crippen LogP contribution in [0.25, 0.3) is 0 Å². The number of hydrogen-bond acceptors (Lipinski definition) is 4. The second-order valence-corrected chi connectivity index (χ2v) is 6.87. The van der Waals surface area contributed by atoms with Gasteiger partial charge in [-0.15, -0.1) is 0 Å². The van der Waals surface area contributed by atoms with Gasteiger partial charge in [0.1, 0.15) is 11.5 Å². The first-order chi connectivity index (χ1) is 13.5. The topological polar surface area (TPSA) is 58.1 Å². The van der Waals surface area contributed by atoms with Gasteiger partial charge in [-0.3, -0.25) is 4.99 Å².